The summed E-state index contributed by atoms with van der Waals surface area (Å²) in [4.78, 5) is 8.67. The highest BCUT2D eigenvalue weighted by Gasteiger charge is 2.12. The number of anilines is 1. The van der Waals surface area contributed by atoms with Gasteiger partial charge >= 0.3 is 0 Å². The molecule has 0 bridgehead atoms. The fraction of sp³-hybridized carbons (Fsp3) is 0.143. The lowest BCUT2D eigenvalue weighted by atomic mass is 10.2. The summed E-state index contributed by atoms with van der Waals surface area (Å²) >= 11 is 0. The van der Waals surface area contributed by atoms with Gasteiger partial charge in [0, 0.05) is 18.3 Å². The molecule has 1 aromatic carbocycles. The van der Waals surface area contributed by atoms with Gasteiger partial charge in [-0.05, 0) is 31.2 Å². The normalized spacial score (nSPS) is 11.0. The molecule has 2 heterocycles. The third-order valence-corrected chi connectivity index (χ3v) is 3.15. The molecule has 96 valence electrons. The average molecular weight is 254 g/mol. The molecule has 3 rings (SSSR count). The second kappa shape index (κ2) is 4.28. The van der Waals surface area contributed by atoms with Crippen LogP contribution in [0.1, 0.15) is 6.92 Å². The van der Waals surface area contributed by atoms with E-state index in [-0.39, 0.29) is 5.75 Å². The zero-order chi connectivity index (χ0) is 13.4. The zero-order valence-corrected chi connectivity index (χ0v) is 10.5. The van der Waals surface area contributed by atoms with Crippen LogP contribution in [-0.2, 0) is 6.54 Å². The summed E-state index contributed by atoms with van der Waals surface area (Å²) in [6.45, 7) is 2.87. The Morgan fingerprint density at radius 2 is 2.16 bits per heavy atom. The van der Waals surface area contributed by atoms with Gasteiger partial charge in [0.2, 0.25) is 0 Å². The van der Waals surface area contributed by atoms with Crippen LogP contribution in [0.3, 0.4) is 0 Å². The highest BCUT2D eigenvalue weighted by Crippen LogP contribution is 2.29. The van der Waals surface area contributed by atoms with E-state index in [9.17, 15) is 5.11 Å². The van der Waals surface area contributed by atoms with Crippen molar-refractivity contribution in [1.82, 2.24) is 14.5 Å². The van der Waals surface area contributed by atoms with Crippen LogP contribution in [-0.4, -0.2) is 19.6 Å². The summed E-state index contributed by atoms with van der Waals surface area (Å²) < 4.78 is 2.10. The molecule has 19 heavy (non-hydrogen) atoms. The Morgan fingerprint density at radius 3 is 2.89 bits per heavy atom. The number of nitrogens with zero attached hydrogens (tertiary/aromatic N) is 3. The quantitative estimate of drug-likeness (QED) is 0.544. The molecule has 0 aliphatic carbocycles. The number of nitrogen functional groups attached to an aromatic ring is 1. The van der Waals surface area contributed by atoms with E-state index in [1.54, 1.807) is 24.5 Å². The molecule has 0 saturated heterocycles. The Labute approximate surface area is 110 Å². The number of pyridine rings is 1. The first kappa shape index (κ1) is 11.5. The van der Waals surface area contributed by atoms with Crippen LogP contribution >= 0.6 is 0 Å². The lowest BCUT2D eigenvalue weighted by Gasteiger charge is -2.07. The predicted molar refractivity (Wildman–Crippen MR) is 74.7 cm³/mol. The van der Waals surface area contributed by atoms with Gasteiger partial charge in [-0.1, -0.05) is 0 Å². The Kier molecular flexibility index (Phi) is 2.59. The maximum Gasteiger partial charge on any atom is 0.141 e. The van der Waals surface area contributed by atoms with E-state index in [0.29, 0.717) is 5.69 Å². The van der Waals surface area contributed by atoms with Crippen molar-refractivity contribution in [2.75, 3.05) is 5.73 Å². The van der Waals surface area contributed by atoms with E-state index < -0.39 is 0 Å². The minimum absolute atomic E-state index is 0.0876. The van der Waals surface area contributed by atoms with E-state index in [1.165, 1.54) is 0 Å². The molecule has 5 nitrogen and oxygen atoms in total. The number of rotatable bonds is 2. The molecule has 3 aromatic rings. The third kappa shape index (κ3) is 1.79. The van der Waals surface area contributed by atoms with Crippen molar-refractivity contribution in [1.29, 1.82) is 0 Å². The van der Waals surface area contributed by atoms with Crippen molar-refractivity contribution >= 4 is 16.7 Å². The van der Waals surface area contributed by atoms with Gasteiger partial charge in [0.1, 0.15) is 17.1 Å². The topological polar surface area (TPSA) is 77.0 Å². The molecule has 0 fully saturated rings. The van der Waals surface area contributed by atoms with E-state index in [0.717, 1.165) is 29.0 Å². The molecular formula is C14H14N4O. The van der Waals surface area contributed by atoms with E-state index in [2.05, 4.69) is 21.5 Å². The standard InChI is InChI=1S/C14H14N4O/c1-2-18-12-5-6-16-8-11(12)17-14(18)9-3-4-13(19)10(15)7-9/h3-8,19H,2,15H2,1H3. The molecule has 0 radical (unpaired) electrons. The number of benzene rings is 1. The molecule has 3 N–H and O–H groups in total. The molecule has 5 heteroatoms. The summed E-state index contributed by atoms with van der Waals surface area (Å²) in [6, 6.07) is 7.07. The Balaban J connectivity index is 2.26. The Hall–Kier alpha value is -2.56. The Morgan fingerprint density at radius 1 is 1.32 bits per heavy atom. The van der Waals surface area contributed by atoms with Crippen LogP contribution < -0.4 is 5.73 Å². The fourth-order valence-electron chi connectivity index (χ4n) is 2.22. The maximum absolute atomic E-state index is 9.49. The van der Waals surface area contributed by atoms with Crippen molar-refractivity contribution in [3.8, 4) is 17.1 Å². The van der Waals surface area contributed by atoms with Crippen LogP contribution in [0.4, 0.5) is 5.69 Å². The number of phenols is 1. The number of phenolic OH excluding ortho intramolecular Hbond substituents is 1. The van der Waals surface area contributed by atoms with Gasteiger partial charge in [-0.3, -0.25) is 4.98 Å². The number of hydrogen-bond acceptors (Lipinski definition) is 4. The molecule has 0 atom stereocenters. The number of nitrogens with two attached hydrogens (primary N) is 1. The first-order valence-corrected chi connectivity index (χ1v) is 6.10. The molecule has 2 aromatic heterocycles. The van der Waals surface area contributed by atoms with Crippen molar-refractivity contribution in [3.05, 3.63) is 36.7 Å². The number of imidazole rings is 1. The van der Waals surface area contributed by atoms with E-state index in [4.69, 9.17) is 5.73 Å². The lowest BCUT2D eigenvalue weighted by molar-refractivity contribution is 0.478. The second-order valence-corrected chi connectivity index (χ2v) is 4.32. The highest BCUT2D eigenvalue weighted by molar-refractivity contribution is 5.80. The molecule has 0 aliphatic heterocycles. The summed E-state index contributed by atoms with van der Waals surface area (Å²) in [6.07, 6.45) is 3.50. The maximum atomic E-state index is 9.49. The minimum atomic E-state index is 0.0876. The van der Waals surface area contributed by atoms with Crippen LogP contribution in [0, 0.1) is 0 Å². The fourth-order valence-corrected chi connectivity index (χ4v) is 2.22. The first-order valence-electron chi connectivity index (χ1n) is 6.10. The summed E-state index contributed by atoms with van der Waals surface area (Å²) in [5, 5.41) is 9.49. The molecule has 0 saturated carbocycles. The van der Waals surface area contributed by atoms with E-state index in [1.807, 2.05) is 12.1 Å². The van der Waals surface area contributed by atoms with Crippen molar-refractivity contribution in [2.45, 2.75) is 13.5 Å². The number of hydrogen-bond donors (Lipinski definition) is 2. The minimum Gasteiger partial charge on any atom is -0.506 e. The first-order chi connectivity index (χ1) is 9.20. The van der Waals surface area contributed by atoms with Crippen LogP contribution in [0.5, 0.6) is 5.75 Å². The number of aromatic nitrogens is 3. The largest absolute Gasteiger partial charge is 0.506 e. The number of fused-ring (bicyclic) bond motifs is 1. The lowest BCUT2D eigenvalue weighted by Crippen LogP contribution is -1.98. The molecule has 0 unspecified atom stereocenters. The number of aromatic hydroxyl groups is 1. The summed E-state index contributed by atoms with van der Waals surface area (Å²) in [7, 11) is 0. The smallest absolute Gasteiger partial charge is 0.141 e. The zero-order valence-electron chi connectivity index (χ0n) is 10.5. The Bertz CT molecular complexity index is 748. The summed E-state index contributed by atoms with van der Waals surface area (Å²) in [5.74, 6) is 0.918. The molecular weight excluding hydrogens is 240 g/mol. The van der Waals surface area contributed by atoms with Gasteiger partial charge in [-0.15, -0.1) is 0 Å². The summed E-state index contributed by atoms with van der Waals surface area (Å²) in [5.41, 5.74) is 8.87. The van der Waals surface area contributed by atoms with Gasteiger partial charge in [-0.25, -0.2) is 4.98 Å². The average Bonchev–Trinajstić information content (AvgIpc) is 2.80. The number of aryl methyl sites for hydroxylation is 1. The van der Waals surface area contributed by atoms with Crippen LogP contribution in [0.2, 0.25) is 0 Å². The van der Waals surface area contributed by atoms with Crippen LogP contribution in [0.25, 0.3) is 22.4 Å². The van der Waals surface area contributed by atoms with Gasteiger partial charge in [-0.2, -0.15) is 0 Å². The van der Waals surface area contributed by atoms with E-state index >= 15 is 0 Å². The highest BCUT2D eigenvalue weighted by atomic mass is 16.3. The molecule has 0 aliphatic rings. The van der Waals surface area contributed by atoms with Gasteiger partial charge < -0.3 is 15.4 Å². The van der Waals surface area contributed by atoms with Crippen molar-refractivity contribution < 1.29 is 5.11 Å². The SMILES string of the molecule is CCn1c(-c2ccc(O)c(N)c2)nc2cnccc21. The van der Waals surface area contributed by atoms with Gasteiger partial charge in [0.15, 0.2) is 0 Å². The predicted octanol–water partition coefficient (Wildman–Crippen LogP) is 2.41. The van der Waals surface area contributed by atoms with Crippen molar-refractivity contribution in [3.63, 3.8) is 0 Å². The second-order valence-electron chi connectivity index (χ2n) is 4.32. The third-order valence-electron chi connectivity index (χ3n) is 3.15. The monoisotopic (exact) mass is 254 g/mol. The van der Waals surface area contributed by atoms with Crippen LogP contribution in [0.15, 0.2) is 36.7 Å². The molecule has 0 spiro atoms. The van der Waals surface area contributed by atoms with Gasteiger partial charge in [0.05, 0.1) is 17.4 Å². The van der Waals surface area contributed by atoms with Crippen molar-refractivity contribution in [2.24, 2.45) is 0 Å². The molecule has 0 amide bonds. The van der Waals surface area contributed by atoms with Gasteiger partial charge in [0.25, 0.3) is 0 Å².